The Morgan fingerprint density at radius 1 is 0.946 bits per heavy atom. The van der Waals surface area contributed by atoms with E-state index >= 15 is 0 Å². The zero-order chi connectivity index (χ0) is 27.1. The molecule has 6 nitrogen and oxygen atoms in total. The molecule has 0 atom stereocenters. The molecule has 0 saturated carbocycles. The molecule has 4 rings (SSSR count). The third kappa shape index (κ3) is 5.45. The molecule has 2 aliphatic rings. The van der Waals surface area contributed by atoms with Gasteiger partial charge >= 0.3 is 5.97 Å². The number of hydrogen-bond acceptors (Lipinski definition) is 5. The van der Waals surface area contributed by atoms with Crippen LogP contribution in [0.2, 0.25) is 0 Å². The monoisotopic (exact) mass is 504 g/mol. The standard InChI is InChI=1S/C31H40N2O4/c1-20(2)32-13-15-33(16-14-32)25-19-22(18-24-28(25)31(5,6)12-11-30(24,3)4)26(34)10-8-21-7-9-23(29(36)37)27(35)17-21/h7-10,17-20,35H,11-16H2,1-6H3,(H,36,37)/b10-8-. The summed E-state index contributed by atoms with van der Waals surface area (Å²) in [5, 5.41) is 19.1. The molecule has 37 heavy (non-hydrogen) atoms. The van der Waals surface area contributed by atoms with E-state index in [0.717, 1.165) is 39.0 Å². The van der Waals surface area contributed by atoms with Gasteiger partial charge in [-0.05, 0) is 84.6 Å². The zero-order valence-electron chi connectivity index (χ0n) is 23.0. The number of ketones is 1. The van der Waals surface area contributed by atoms with Gasteiger partial charge in [0, 0.05) is 43.5 Å². The predicted octanol–water partition coefficient (Wildman–Crippen LogP) is 5.87. The number of fused-ring (bicyclic) bond motifs is 1. The number of rotatable bonds is 6. The molecule has 0 unspecified atom stereocenters. The molecule has 6 heteroatoms. The van der Waals surface area contributed by atoms with Crippen molar-refractivity contribution in [3.05, 3.63) is 64.2 Å². The molecule has 2 aromatic carbocycles. The van der Waals surface area contributed by atoms with Crippen molar-refractivity contribution in [2.45, 2.75) is 71.3 Å². The van der Waals surface area contributed by atoms with Crippen LogP contribution in [0, 0.1) is 0 Å². The van der Waals surface area contributed by atoms with Crippen LogP contribution in [-0.4, -0.2) is 59.1 Å². The smallest absolute Gasteiger partial charge is 0.339 e. The molecule has 0 spiro atoms. The Balaban J connectivity index is 1.73. The highest BCUT2D eigenvalue weighted by molar-refractivity contribution is 6.08. The molecule has 1 aliphatic carbocycles. The normalized spacial score (nSPS) is 19.3. The summed E-state index contributed by atoms with van der Waals surface area (Å²) >= 11 is 0. The lowest BCUT2D eigenvalue weighted by atomic mass is 9.62. The number of carbonyl (C=O) groups is 2. The Morgan fingerprint density at radius 2 is 1.59 bits per heavy atom. The van der Waals surface area contributed by atoms with Crippen LogP contribution in [0.15, 0.2) is 36.4 Å². The van der Waals surface area contributed by atoms with Crippen LogP contribution in [0.3, 0.4) is 0 Å². The summed E-state index contributed by atoms with van der Waals surface area (Å²) in [7, 11) is 0. The first kappa shape index (κ1) is 26.9. The van der Waals surface area contributed by atoms with E-state index in [9.17, 15) is 14.7 Å². The quantitative estimate of drug-likeness (QED) is 0.379. The molecule has 2 N–H and O–H groups in total. The molecule has 198 valence electrons. The fourth-order valence-electron chi connectivity index (χ4n) is 5.73. The van der Waals surface area contributed by atoms with Crippen molar-refractivity contribution in [2.75, 3.05) is 31.1 Å². The van der Waals surface area contributed by atoms with Crippen LogP contribution in [0.1, 0.15) is 91.8 Å². The molecule has 0 amide bonds. The van der Waals surface area contributed by atoms with Crippen molar-refractivity contribution in [2.24, 2.45) is 0 Å². The average Bonchev–Trinajstić information content (AvgIpc) is 2.84. The topological polar surface area (TPSA) is 81.1 Å². The van der Waals surface area contributed by atoms with Crippen LogP contribution in [-0.2, 0) is 10.8 Å². The zero-order valence-corrected chi connectivity index (χ0v) is 23.0. The van der Waals surface area contributed by atoms with E-state index in [-0.39, 0.29) is 27.9 Å². The van der Waals surface area contributed by atoms with Crippen molar-refractivity contribution in [1.29, 1.82) is 0 Å². The number of piperazine rings is 1. The van der Waals surface area contributed by atoms with Gasteiger partial charge in [0.1, 0.15) is 11.3 Å². The van der Waals surface area contributed by atoms with Gasteiger partial charge in [-0.15, -0.1) is 0 Å². The van der Waals surface area contributed by atoms with E-state index in [1.165, 1.54) is 35.0 Å². The minimum Gasteiger partial charge on any atom is -0.507 e. The largest absolute Gasteiger partial charge is 0.507 e. The van der Waals surface area contributed by atoms with Gasteiger partial charge in [-0.1, -0.05) is 39.8 Å². The van der Waals surface area contributed by atoms with Crippen molar-refractivity contribution in [3.63, 3.8) is 0 Å². The molecule has 0 bridgehead atoms. The third-order valence-electron chi connectivity index (χ3n) is 8.25. The SMILES string of the molecule is CC(C)N1CCN(c2cc(C(=O)/C=C\c3ccc(C(=O)O)c(O)c3)cc3c2C(C)(C)CCC3(C)C)CC1. The van der Waals surface area contributed by atoms with Crippen molar-refractivity contribution < 1.29 is 19.8 Å². The Kier molecular flexibility index (Phi) is 7.26. The van der Waals surface area contributed by atoms with Gasteiger partial charge in [0.2, 0.25) is 0 Å². The van der Waals surface area contributed by atoms with Gasteiger partial charge in [0.25, 0.3) is 0 Å². The van der Waals surface area contributed by atoms with E-state index in [0.29, 0.717) is 17.2 Å². The summed E-state index contributed by atoms with van der Waals surface area (Å²) < 4.78 is 0. The van der Waals surface area contributed by atoms with E-state index in [1.54, 1.807) is 12.1 Å². The minimum atomic E-state index is -1.19. The van der Waals surface area contributed by atoms with E-state index < -0.39 is 5.97 Å². The van der Waals surface area contributed by atoms with Crippen LogP contribution in [0.25, 0.3) is 6.08 Å². The number of phenols is 1. The Hall–Kier alpha value is -3.12. The molecule has 1 saturated heterocycles. The molecular formula is C31H40N2O4. The van der Waals surface area contributed by atoms with Gasteiger partial charge in [0.05, 0.1) is 0 Å². The van der Waals surface area contributed by atoms with Crippen LogP contribution < -0.4 is 4.90 Å². The molecule has 1 aliphatic heterocycles. The summed E-state index contributed by atoms with van der Waals surface area (Å²) in [5.74, 6) is -1.61. The van der Waals surface area contributed by atoms with Gasteiger partial charge in [-0.25, -0.2) is 4.79 Å². The number of anilines is 1. The maximum atomic E-state index is 13.4. The summed E-state index contributed by atoms with van der Waals surface area (Å²) in [4.78, 5) is 29.6. The van der Waals surface area contributed by atoms with Crippen LogP contribution in [0.5, 0.6) is 5.75 Å². The first-order valence-corrected chi connectivity index (χ1v) is 13.3. The first-order chi connectivity index (χ1) is 17.3. The van der Waals surface area contributed by atoms with E-state index in [2.05, 4.69) is 63.5 Å². The number of allylic oxidation sites excluding steroid dienone is 1. The Bertz CT molecular complexity index is 1230. The molecule has 0 radical (unpaired) electrons. The maximum absolute atomic E-state index is 13.4. The highest BCUT2D eigenvalue weighted by Gasteiger charge is 2.40. The number of benzene rings is 2. The molecule has 0 aromatic heterocycles. The van der Waals surface area contributed by atoms with E-state index in [4.69, 9.17) is 5.11 Å². The summed E-state index contributed by atoms with van der Waals surface area (Å²) in [5.41, 5.74) is 4.87. The summed E-state index contributed by atoms with van der Waals surface area (Å²) in [6.07, 6.45) is 5.31. The van der Waals surface area contributed by atoms with Gasteiger partial charge in [-0.3, -0.25) is 9.69 Å². The lowest BCUT2D eigenvalue weighted by Crippen LogP contribution is -2.50. The molecule has 1 fully saturated rings. The molecule has 2 aromatic rings. The van der Waals surface area contributed by atoms with Gasteiger partial charge < -0.3 is 15.1 Å². The van der Waals surface area contributed by atoms with Gasteiger partial charge in [-0.2, -0.15) is 0 Å². The number of hydrogen-bond donors (Lipinski definition) is 2. The number of aromatic carboxylic acids is 1. The maximum Gasteiger partial charge on any atom is 0.339 e. The number of carbonyl (C=O) groups excluding carboxylic acids is 1. The second kappa shape index (κ2) is 9.97. The minimum absolute atomic E-state index is 0.0240. The van der Waals surface area contributed by atoms with Crippen molar-refractivity contribution in [3.8, 4) is 5.75 Å². The average molecular weight is 505 g/mol. The number of aromatic hydroxyl groups is 1. The highest BCUT2D eigenvalue weighted by atomic mass is 16.4. The number of carboxylic acid groups (broad SMARTS) is 1. The van der Waals surface area contributed by atoms with E-state index in [1.807, 2.05) is 0 Å². The second-order valence-electron chi connectivity index (χ2n) is 12.1. The van der Waals surface area contributed by atoms with Crippen molar-refractivity contribution in [1.82, 2.24) is 4.90 Å². The lowest BCUT2D eigenvalue weighted by molar-refractivity contribution is 0.0693. The van der Waals surface area contributed by atoms with Crippen molar-refractivity contribution >= 4 is 23.5 Å². The fourth-order valence-corrected chi connectivity index (χ4v) is 5.73. The Labute approximate surface area is 220 Å². The lowest BCUT2D eigenvalue weighted by Gasteiger charge is -2.46. The van der Waals surface area contributed by atoms with Gasteiger partial charge in [0.15, 0.2) is 5.78 Å². The highest BCUT2D eigenvalue weighted by Crippen LogP contribution is 2.50. The number of carboxylic acids is 1. The first-order valence-electron chi connectivity index (χ1n) is 13.3. The molecular weight excluding hydrogens is 464 g/mol. The second-order valence-corrected chi connectivity index (χ2v) is 12.1. The third-order valence-corrected chi connectivity index (χ3v) is 8.25. The van der Waals surface area contributed by atoms with Crippen LogP contribution >= 0.6 is 0 Å². The van der Waals surface area contributed by atoms with Crippen LogP contribution in [0.4, 0.5) is 5.69 Å². The fraction of sp³-hybridized carbons (Fsp3) is 0.484. The summed E-state index contributed by atoms with van der Waals surface area (Å²) in [6, 6.07) is 8.98. The number of nitrogens with zero attached hydrogens (tertiary/aromatic N) is 2. The summed E-state index contributed by atoms with van der Waals surface area (Å²) in [6.45, 7) is 17.6. The molecule has 1 heterocycles. The predicted molar refractivity (Wildman–Crippen MR) is 149 cm³/mol. The Morgan fingerprint density at radius 3 is 2.19 bits per heavy atom.